The van der Waals surface area contributed by atoms with E-state index in [-0.39, 0.29) is 13.0 Å². The van der Waals surface area contributed by atoms with E-state index in [4.69, 9.17) is 11.2 Å². The molecule has 2 aromatic rings. The molecule has 0 spiro atoms. The van der Waals surface area contributed by atoms with Crippen molar-refractivity contribution in [3.05, 3.63) is 71.8 Å². The molecular formula is C21H20N2O4. The van der Waals surface area contributed by atoms with Crippen LogP contribution in [-0.2, 0) is 20.7 Å². The summed E-state index contributed by atoms with van der Waals surface area (Å²) in [5.41, 5.74) is 1.28. The molecule has 1 atom stereocenters. The molecule has 0 radical (unpaired) electrons. The Hall–Kier alpha value is -3.59. The molecule has 2 N–H and O–H groups in total. The van der Waals surface area contributed by atoms with Crippen LogP contribution in [0, 0.1) is 12.3 Å². The molecule has 1 unspecified atom stereocenters. The van der Waals surface area contributed by atoms with Crippen molar-refractivity contribution >= 4 is 17.8 Å². The number of hydrogen-bond donors (Lipinski definition) is 2. The predicted molar refractivity (Wildman–Crippen MR) is 101 cm³/mol. The third-order valence-corrected chi connectivity index (χ3v) is 3.64. The van der Waals surface area contributed by atoms with Crippen molar-refractivity contribution in [3.63, 3.8) is 0 Å². The van der Waals surface area contributed by atoms with Crippen LogP contribution < -0.4 is 10.6 Å². The van der Waals surface area contributed by atoms with Gasteiger partial charge < -0.3 is 15.4 Å². The maximum Gasteiger partial charge on any atom is 0.329 e. The average Bonchev–Trinajstić information content (AvgIpc) is 2.71. The number of nitrogens with one attached hydrogen (secondary N) is 2. The number of amides is 2. The van der Waals surface area contributed by atoms with Crippen LogP contribution in [0.25, 0.3) is 0 Å². The van der Waals surface area contributed by atoms with Crippen molar-refractivity contribution in [2.24, 2.45) is 0 Å². The minimum Gasteiger partial charge on any atom is -0.454 e. The van der Waals surface area contributed by atoms with Crippen LogP contribution in [0.15, 0.2) is 60.7 Å². The zero-order valence-corrected chi connectivity index (χ0v) is 14.7. The standard InChI is InChI=1S/C21H20N2O4/c1-2-13-22-19(24)15-27-21(26)18(14-16-9-5-3-6-10-16)23-20(25)17-11-7-4-8-12-17/h1,3-12,18H,13-15H2,(H,22,24)(H,23,25). The lowest BCUT2D eigenvalue weighted by Gasteiger charge is -2.18. The summed E-state index contributed by atoms with van der Waals surface area (Å²) in [6.07, 6.45) is 5.30. The van der Waals surface area contributed by atoms with Crippen LogP contribution in [0.1, 0.15) is 15.9 Å². The summed E-state index contributed by atoms with van der Waals surface area (Å²) in [5.74, 6) is 0.658. The maximum atomic E-state index is 12.4. The molecule has 2 amide bonds. The summed E-state index contributed by atoms with van der Waals surface area (Å²) in [4.78, 5) is 36.4. The first kappa shape index (κ1) is 19.7. The summed E-state index contributed by atoms with van der Waals surface area (Å²) in [7, 11) is 0. The molecule has 0 saturated carbocycles. The van der Waals surface area contributed by atoms with Gasteiger partial charge in [0.2, 0.25) is 0 Å². The average molecular weight is 364 g/mol. The van der Waals surface area contributed by atoms with Crippen LogP contribution in [0.2, 0.25) is 0 Å². The second-order valence-corrected chi connectivity index (χ2v) is 5.67. The molecule has 138 valence electrons. The van der Waals surface area contributed by atoms with Gasteiger partial charge >= 0.3 is 5.97 Å². The second kappa shape index (κ2) is 10.4. The topological polar surface area (TPSA) is 84.5 Å². The zero-order chi connectivity index (χ0) is 19.5. The molecule has 0 aliphatic rings. The number of carbonyl (C=O) groups excluding carboxylic acids is 3. The second-order valence-electron chi connectivity index (χ2n) is 5.67. The molecule has 0 aromatic heterocycles. The molecular weight excluding hydrogens is 344 g/mol. The zero-order valence-electron chi connectivity index (χ0n) is 14.7. The molecule has 27 heavy (non-hydrogen) atoms. The monoisotopic (exact) mass is 364 g/mol. The fourth-order valence-electron chi connectivity index (χ4n) is 2.31. The highest BCUT2D eigenvalue weighted by Crippen LogP contribution is 2.07. The normalized spacial score (nSPS) is 10.9. The van der Waals surface area contributed by atoms with Gasteiger partial charge in [0.15, 0.2) is 6.61 Å². The first-order chi connectivity index (χ1) is 13.1. The first-order valence-corrected chi connectivity index (χ1v) is 8.37. The van der Waals surface area contributed by atoms with E-state index >= 15 is 0 Å². The van der Waals surface area contributed by atoms with E-state index in [2.05, 4.69) is 16.6 Å². The van der Waals surface area contributed by atoms with E-state index in [0.717, 1.165) is 5.56 Å². The summed E-state index contributed by atoms with van der Waals surface area (Å²) in [5, 5.41) is 5.07. The lowest BCUT2D eigenvalue weighted by molar-refractivity contribution is -0.150. The van der Waals surface area contributed by atoms with Gasteiger partial charge in [-0.25, -0.2) is 4.79 Å². The summed E-state index contributed by atoms with van der Waals surface area (Å²) in [6, 6.07) is 16.8. The van der Waals surface area contributed by atoms with Gasteiger partial charge in [0.05, 0.1) is 6.54 Å². The van der Waals surface area contributed by atoms with Gasteiger partial charge in [0, 0.05) is 12.0 Å². The highest BCUT2D eigenvalue weighted by molar-refractivity contribution is 5.97. The lowest BCUT2D eigenvalue weighted by atomic mass is 10.1. The Kier molecular flexibility index (Phi) is 7.61. The van der Waals surface area contributed by atoms with Gasteiger partial charge in [0.1, 0.15) is 6.04 Å². The molecule has 6 heteroatoms. The van der Waals surface area contributed by atoms with Crippen LogP contribution >= 0.6 is 0 Å². The number of terminal acetylenes is 1. The Morgan fingerprint density at radius 3 is 2.26 bits per heavy atom. The van der Waals surface area contributed by atoms with Crippen LogP contribution in [0.3, 0.4) is 0 Å². The van der Waals surface area contributed by atoms with Crippen molar-refractivity contribution in [1.29, 1.82) is 0 Å². The molecule has 0 heterocycles. The molecule has 2 rings (SSSR count). The van der Waals surface area contributed by atoms with E-state index < -0.39 is 30.4 Å². The Bertz CT molecular complexity index is 813. The van der Waals surface area contributed by atoms with Gasteiger partial charge in [-0.15, -0.1) is 6.42 Å². The van der Waals surface area contributed by atoms with Crippen LogP contribution in [0.4, 0.5) is 0 Å². The Morgan fingerprint density at radius 2 is 1.63 bits per heavy atom. The number of hydrogen-bond acceptors (Lipinski definition) is 4. The number of rotatable bonds is 8. The molecule has 0 bridgehead atoms. The minimum atomic E-state index is -0.930. The van der Waals surface area contributed by atoms with Gasteiger partial charge in [-0.05, 0) is 17.7 Å². The van der Waals surface area contributed by atoms with Gasteiger partial charge in [0.25, 0.3) is 11.8 Å². The molecule has 2 aromatic carbocycles. The largest absolute Gasteiger partial charge is 0.454 e. The van der Waals surface area contributed by atoms with Crippen molar-refractivity contribution in [1.82, 2.24) is 10.6 Å². The van der Waals surface area contributed by atoms with Gasteiger partial charge in [-0.2, -0.15) is 0 Å². The maximum absolute atomic E-state index is 12.4. The highest BCUT2D eigenvalue weighted by Gasteiger charge is 2.24. The first-order valence-electron chi connectivity index (χ1n) is 8.37. The Labute approximate surface area is 157 Å². The van der Waals surface area contributed by atoms with E-state index in [9.17, 15) is 14.4 Å². The molecule has 0 fully saturated rings. The molecule has 0 aliphatic carbocycles. The van der Waals surface area contributed by atoms with Crippen molar-refractivity contribution in [3.8, 4) is 12.3 Å². The fraction of sp³-hybridized carbons (Fsp3) is 0.190. The quantitative estimate of drug-likeness (QED) is 0.547. The number of carbonyl (C=O) groups is 3. The number of esters is 1. The summed E-state index contributed by atoms with van der Waals surface area (Å²) in [6.45, 7) is -0.415. The van der Waals surface area contributed by atoms with Gasteiger partial charge in [-0.1, -0.05) is 54.5 Å². The summed E-state index contributed by atoms with van der Waals surface area (Å²) < 4.78 is 5.04. The molecule has 0 saturated heterocycles. The van der Waals surface area contributed by atoms with Crippen molar-refractivity contribution in [2.45, 2.75) is 12.5 Å². The van der Waals surface area contributed by atoms with E-state index in [1.807, 2.05) is 30.3 Å². The number of benzene rings is 2. The Morgan fingerprint density at radius 1 is 1.00 bits per heavy atom. The number of ether oxygens (including phenoxy) is 1. The van der Waals surface area contributed by atoms with E-state index in [0.29, 0.717) is 5.56 Å². The van der Waals surface area contributed by atoms with Crippen LogP contribution in [0.5, 0.6) is 0 Å². The van der Waals surface area contributed by atoms with Crippen molar-refractivity contribution in [2.75, 3.05) is 13.2 Å². The summed E-state index contributed by atoms with van der Waals surface area (Å²) >= 11 is 0. The minimum absolute atomic E-state index is 0.0502. The molecule has 6 nitrogen and oxygen atoms in total. The smallest absolute Gasteiger partial charge is 0.329 e. The SMILES string of the molecule is C#CCNC(=O)COC(=O)C(Cc1ccccc1)NC(=O)c1ccccc1. The van der Waals surface area contributed by atoms with Crippen molar-refractivity contribution < 1.29 is 19.1 Å². The van der Waals surface area contributed by atoms with E-state index in [1.54, 1.807) is 30.3 Å². The Balaban J connectivity index is 2.04. The van der Waals surface area contributed by atoms with E-state index in [1.165, 1.54) is 0 Å². The third kappa shape index (κ3) is 6.67. The van der Waals surface area contributed by atoms with Gasteiger partial charge in [-0.3, -0.25) is 9.59 Å². The molecule has 0 aliphatic heterocycles. The third-order valence-electron chi connectivity index (χ3n) is 3.64. The fourth-order valence-corrected chi connectivity index (χ4v) is 2.31. The highest BCUT2D eigenvalue weighted by atomic mass is 16.5. The lowest BCUT2D eigenvalue weighted by Crippen LogP contribution is -2.44. The predicted octanol–water partition coefficient (Wildman–Crippen LogP) is 1.32. The van der Waals surface area contributed by atoms with Crippen LogP contribution in [-0.4, -0.2) is 37.0 Å².